The Morgan fingerprint density at radius 1 is 0.739 bits per heavy atom. The van der Waals surface area contributed by atoms with Crippen LogP contribution in [0.25, 0.3) is 0 Å². The summed E-state index contributed by atoms with van der Waals surface area (Å²) >= 11 is 0. The first-order valence-electron chi connectivity index (χ1n) is 13.0. The number of carbonyl (C=O) groups is 2. The first-order chi connectivity index (χ1) is 21.5. The first-order valence-corrected chi connectivity index (χ1v) is 15.6. The number of rotatable bonds is 9. The first kappa shape index (κ1) is 35.9. The van der Waals surface area contributed by atoms with Crippen LogP contribution in [0.1, 0.15) is 17.3 Å². The predicted molar refractivity (Wildman–Crippen MR) is 158 cm³/mol. The van der Waals surface area contributed by atoms with Crippen molar-refractivity contribution < 1.29 is 54.0 Å². The Kier molecular flexibility index (Phi) is 11.9. The number of hydrogen-bond donors (Lipinski definition) is 0. The lowest BCUT2D eigenvalue weighted by Crippen LogP contribution is -2.52. The molecule has 0 saturated heterocycles. The van der Waals surface area contributed by atoms with E-state index in [1.165, 1.54) is 21.6 Å². The van der Waals surface area contributed by atoms with Gasteiger partial charge in [0.2, 0.25) is 0 Å². The maximum absolute atomic E-state index is 13.3. The molecule has 0 aliphatic carbocycles. The normalized spacial score (nSPS) is 12.3. The minimum atomic E-state index is -6.79. The van der Waals surface area contributed by atoms with Gasteiger partial charge in [0.1, 0.15) is 5.75 Å². The molecule has 0 N–H and O–H groups in total. The van der Waals surface area contributed by atoms with Crippen LogP contribution < -0.4 is 4.74 Å². The van der Waals surface area contributed by atoms with E-state index in [2.05, 4.69) is 102 Å². The fourth-order valence-electron chi connectivity index (χ4n) is 3.56. The lowest BCUT2D eigenvalue weighted by atomic mass is 10.2. The number of ether oxygens (including phenoxy) is 2. The largest absolute Gasteiger partial charge is 0.743 e. The molecule has 14 heteroatoms. The molecule has 46 heavy (non-hydrogen) atoms. The van der Waals surface area contributed by atoms with Crippen LogP contribution in [-0.4, -0.2) is 42.4 Å². The quantitative estimate of drug-likeness (QED) is 0.0460. The van der Waals surface area contributed by atoms with Gasteiger partial charge in [0.05, 0.1) is 16.5 Å². The minimum Gasteiger partial charge on any atom is -0.743 e. The summed E-state index contributed by atoms with van der Waals surface area (Å²) in [5, 5.41) is -5.95. The molecule has 0 aliphatic rings. The van der Waals surface area contributed by atoms with Gasteiger partial charge in [0.15, 0.2) is 24.8 Å². The van der Waals surface area contributed by atoms with Gasteiger partial charge in [-0.2, -0.15) is 22.0 Å². The van der Waals surface area contributed by atoms with Gasteiger partial charge in [0, 0.05) is 5.57 Å². The molecule has 0 amide bonds. The van der Waals surface area contributed by atoms with Gasteiger partial charge in [-0.3, -0.25) is 0 Å². The molecular weight excluding hydrogens is 655 g/mol. The highest BCUT2D eigenvalue weighted by Gasteiger charge is 2.63. The Bertz CT molecular complexity index is 1640. The second kappa shape index (κ2) is 15.2. The summed E-state index contributed by atoms with van der Waals surface area (Å²) in [6.45, 7) is 4.62. The number of carbonyl (C=O) groups excluding carboxylic acids is 2. The number of benzene rings is 4. The van der Waals surface area contributed by atoms with Crippen LogP contribution in [-0.2, 0) is 30.5 Å². The van der Waals surface area contributed by atoms with E-state index < -0.39 is 45.2 Å². The van der Waals surface area contributed by atoms with Gasteiger partial charge in [-0.05, 0) is 67.6 Å². The number of esters is 2. The second-order valence-corrected chi connectivity index (χ2v) is 12.8. The Hall–Kier alpha value is -4.53. The van der Waals surface area contributed by atoms with Crippen molar-refractivity contribution in [3.63, 3.8) is 0 Å². The molecule has 1 atom stereocenters. The molecule has 4 rings (SSSR count). The van der Waals surface area contributed by atoms with Gasteiger partial charge < -0.3 is 14.0 Å². The molecule has 0 saturated carbocycles. The molecule has 4 aromatic carbocycles. The van der Waals surface area contributed by atoms with Crippen molar-refractivity contribution in [3.05, 3.63) is 133 Å². The third-order valence-electron chi connectivity index (χ3n) is 5.75. The smallest absolute Gasteiger partial charge is 0.432 e. The van der Waals surface area contributed by atoms with Gasteiger partial charge in [-0.15, -0.1) is 0 Å². The Morgan fingerprint density at radius 2 is 1.13 bits per heavy atom. The van der Waals surface area contributed by atoms with Crippen molar-refractivity contribution in [2.24, 2.45) is 0 Å². The molecule has 0 radical (unpaired) electrons. The van der Waals surface area contributed by atoms with Crippen LogP contribution in [0, 0.1) is 0 Å². The number of hydrogen-bond acceptors (Lipinski definition) is 7. The van der Waals surface area contributed by atoms with Crippen molar-refractivity contribution in [1.29, 1.82) is 0 Å². The minimum absolute atomic E-state index is 0.0146. The third kappa shape index (κ3) is 9.49. The lowest BCUT2D eigenvalue weighted by molar-refractivity contribution is -0.248. The van der Waals surface area contributed by atoms with E-state index in [1.54, 1.807) is 0 Å². The molecule has 0 aliphatic heterocycles. The maximum atomic E-state index is 13.3. The van der Waals surface area contributed by atoms with Crippen LogP contribution in [0.3, 0.4) is 0 Å². The molecule has 0 bridgehead atoms. The summed E-state index contributed by atoms with van der Waals surface area (Å²) in [5.74, 6) is -2.99. The second-order valence-electron chi connectivity index (χ2n) is 9.28. The topological polar surface area (TPSA) is 110 Å². The van der Waals surface area contributed by atoms with Crippen molar-refractivity contribution in [2.45, 2.75) is 39.1 Å². The number of halogens is 5. The summed E-state index contributed by atoms with van der Waals surface area (Å²) in [5.41, 5.74) is -0.689. The zero-order valence-corrected chi connectivity index (χ0v) is 25.5. The fraction of sp³-hybridized carbons (Fsp3) is 0.125. The summed E-state index contributed by atoms with van der Waals surface area (Å²) in [4.78, 5) is 27.0. The van der Waals surface area contributed by atoms with Crippen LogP contribution >= 0.6 is 0 Å². The molecule has 0 aromatic heterocycles. The highest BCUT2D eigenvalue weighted by molar-refractivity contribution is 7.97. The van der Waals surface area contributed by atoms with Crippen LogP contribution in [0.15, 0.2) is 142 Å². The van der Waals surface area contributed by atoms with Crippen molar-refractivity contribution in [3.8, 4) is 5.75 Å². The van der Waals surface area contributed by atoms with Crippen LogP contribution in [0.4, 0.5) is 22.0 Å². The molecule has 4 aromatic rings. The molecule has 7 nitrogen and oxygen atoms in total. The summed E-state index contributed by atoms with van der Waals surface area (Å²) in [7, 11) is -6.80. The molecule has 0 heterocycles. The van der Waals surface area contributed by atoms with Gasteiger partial charge in [0.25, 0.3) is 6.10 Å². The molecular formula is C32H25F5O7S2. The average molecular weight is 681 g/mol. The van der Waals surface area contributed by atoms with Crippen LogP contribution in [0.5, 0.6) is 5.75 Å². The summed E-state index contributed by atoms with van der Waals surface area (Å²) in [6.07, 6.45) is -10.6. The predicted octanol–water partition coefficient (Wildman–Crippen LogP) is 7.18. The average Bonchev–Trinajstić information content (AvgIpc) is 3.01. The van der Waals surface area contributed by atoms with E-state index >= 15 is 0 Å². The number of alkyl halides is 5. The van der Waals surface area contributed by atoms with Gasteiger partial charge in [-0.25, -0.2) is 18.0 Å². The zero-order chi connectivity index (χ0) is 34.1. The highest BCUT2D eigenvalue weighted by Crippen LogP contribution is 2.38. The van der Waals surface area contributed by atoms with Gasteiger partial charge in [-0.1, -0.05) is 61.2 Å². The zero-order valence-electron chi connectivity index (χ0n) is 23.8. The molecule has 0 fully saturated rings. The Morgan fingerprint density at radius 3 is 1.46 bits per heavy atom. The fourth-order valence-corrected chi connectivity index (χ4v) is 6.11. The Labute approximate surface area is 264 Å². The van der Waals surface area contributed by atoms with E-state index in [-0.39, 0.29) is 22.2 Å². The Balaban J connectivity index is 0.000000264. The monoisotopic (exact) mass is 680 g/mol. The van der Waals surface area contributed by atoms with Crippen molar-refractivity contribution in [2.75, 3.05) is 0 Å². The van der Waals surface area contributed by atoms with E-state index in [4.69, 9.17) is 4.74 Å². The molecule has 1 unspecified atom stereocenters. The van der Waals surface area contributed by atoms with E-state index in [9.17, 15) is 44.5 Å². The van der Waals surface area contributed by atoms with Crippen LogP contribution in [0.2, 0.25) is 0 Å². The van der Waals surface area contributed by atoms with E-state index in [1.807, 2.05) is 0 Å². The van der Waals surface area contributed by atoms with E-state index in [0.29, 0.717) is 0 Å². The van der Waals surface area contributed by atoms with E-state index in [0.717, 1.165) is 24.3 Å². The molecule has 0 spiro atoms. The summed E-state index contributed by atoms with van der Waals surface area (Å²) in [6, 6.07) is 35.5. The summed E-state index contributed by atoms with van der Waals surface area (Å²) < 4.78 is 104. The lowest BCUT2D eigenvalue weighted by Gasteiger charge is -2.29. The SMILES string of the molecule is C=C(C)C(=O)Oc1ccc(C(=O)OC(C(F)(F)F)C(F)(F)S(=O)(=O)[O-])cc1.c1ccc([S+](c2ccccc2)c2ccccc2)cc1. The highest BCUT2D eigenvalue weighted by atomic mass is 32.2. The standard InChI is InChI=1S/C18H15S.C14H11F5O7S/c1-4-10-16(11-5-1)19(17-12-6-2-7-13-17)18-14-8-3-9-15-18;1-7(2)10(20)25-9-5-3-8(4-6-9)11(21)26-12(13(15,16)17)14(18,19)27(22,23)24/h1-15H;3-6,12H,1H2,2H3,(H,22,23,24)/q+1;/p-1. The van der Waals surface area contributed by atoms with Crippen molar-refractivity contribution >= 4 is 33.0 Å². The van der Waals surface area contributed by atoms with Gasteiger partial charge >= 0.3 is 23.4 Å². The third-order valence-corrected chi connectivity index (χ3v) is 8.86. The maximum Gasteiger partial charge on any atom is 0.432 e. The molecule has 242 valence electrons. The van der Waals surface area contributed by atoms with Crippen molar-refractivity contribution in [1.82, 2.24) is 0 Å².